The molecule has 2 aliphatic heterocycles. The highest BCUT2D eigenvalue weighted by Crippen LogP contribution is 2.32. The third-order valence-electron chi connectivity index (χ3n) is 4.84. The van der Waals surface area contributed by atoms with Crippen molar-refractivity contribution in [3.05, 3.63) is 75.5 Å². The Bertz CT molecular complexity index is 976. The molecule has 0 radical (unpaired) electrons. The lowest BCUT2D eigenvalue weighted by molar-refractivity contribution is -0.384. The van der Waals surface area contributed by atoms with Gasteiger partial charge in [0, 0.05) is 24.7 Å². The van der Waals surface area contributed by atoms with Crippen LogP contribution in [0.1, 0.15) is 30.4 Å². The number of benzene rings is 2. The van der Waals surface area contributed by atoms with E-state index in [1.54, 1.807) is 24.3 Å². The topological polar surface area (TPSA) is 85.0 Å². The lowest BCUT2D eigenvalue weighted by atomic mass is 10.1. The second-order valence-electron chi connectivity index (χ2n) is 6.76. The van der Waals surface area contributed by atoms with Crippen LogP contribution in [0.3, 0.4) is 0 Å². The van der Waals surface area contributed by atoms with Crippen molar-refractivity contribution in [2.45, 2.75) is 19.3 Å². The largest absolute Gasteiger partial charge is 0.402 e. The van der Waals surface area contributed by atoms with Crippen LogP contribution in [0.25, 0.3) is 6.08 Å². The van der Waals surface area contributed by atoms with Crippen molar-refractivity contribution < 1.29 is 14.5 Å². The zero-order valence-electron chi connectivity index (χ0n) is 15.2. The molecule has 2 aromatic rings. The first-order valence-corrected chi connectivity index (χ1v) is 9.23. The van der Waals surface area contributed by atoms with E-state index in [0.29, 0.717) is 16.8 Å². The van der Waals surface area contributed by atoms with Crippen molar-refractivity contribution in [1.82, 2.24) is 0 Å². The van der Waals surface area contributed by atoms with Crippen molar-refractivity contribution in [3.63, 3.8) is 0 Å². The standard InChI is InChI=1S/C21H19N3O4/c25-21-17(22-20(28-21)16-7-3-1-4-8-16)13-15-9-10-18(19(14-15)24(26)27)23-11-5-2-6-12-23/h1,3-4,7-10,13-14H,2,5-6,11-12H2. The van der Waals surface area contributed by atoms with Crippen LogP contribution in [0, 0.1) is 10.1 Å². The molecule has 4 rings (SSSR count). The molecule has 2 aliphatic rings. The second kappa shape index (κ2) is 7.64. The number of piperidine rings is 1. The summed E-state index contributed by atoms with van der Waals surface area (Å²) in [6.07, 6.45) is 4.74. The number of ether oxygens (including phenoxy) is 1. The van der Waals surface area contributed by atoms with Crippen molar-refractivity contribution >= 4 is 29.3 Å². The predicted molar refractivity (Wildman–Crippen MR) is 106 cm³/mol. The Morgan fingerprint density at radius 3 is 2.54 bits per heavy atom. The molecule has 1 saturated heterocycles. The number of hydrogen-bond donors (Lipinski definition) is 0. The van der Waals surface area contributed by atoms with Gasteiger partial charge in [-0.3, -0.25) is 10.1 Å². The van der Waals surface area contributed by atoms with Crippen LogP contribution in [0.4, 0.5) is 11.4 Å². The number of rotatable bonds is 4. The molecule has 28 heavy (non-hydrogen) atoms. The summed E-state index contributed by atoms with van der Waals surface area (Å²) in [7, 11) is 0. The van der Waals surface area contributed by atoms with Crippen molar-refractivity contribution in [3.8, 4) is 0 Å². The summed E-state index contributed by atoms with van der Waals surface area (Å²) < 4.78 is 5.23. The van der Waals surface area contributed by atoms with Crippen LogP contribution in [0.15, 0.2) is 59.2 Å². The van der Waals surface area contributed by atoms with E-state index in [4.69, 9.17) is 4.74 Å². The molecule has 0 N–H and O–H groups in total. The number of hydrogen-bond acceptors (Lipinski definition) is 6. The molecule has 0 amide bonds. The van der Waals surface area contributed by atoms with E-state index in [1.807, 2.05) is 23.1 Å². The van der Waals surface area contributed by atoms with Gasteiger partial charge in [-0.25, -0.2) is 9.79 Å². The lowest BCUT2D eigenvalue weighted by Crippen LogP contribution is -2.29. The van der Waals surface area contributed by atoms with Gasteiger partial charge in [-0.1, -0.05) is 24.3 Å². The summed E-state index contributed by atoms with van der Waals surface area (Å²) in [5, 5.41) is 11.6. The molecule has 0 unspecified atom stereocenters. The average molecular weight is 377 g/mol. The smallest absolute Gasteiger partial charge is 0.363 e. The van der Waals surface area contributed by atoms with Crippen molar-refractivity contribution in [2.75, 3.05) is 18.0 Å². The fraction of sp³-hybridized carbons (Fsp3) is 0.238. The number of carbonyl (C=O) groups excluding carboxylic acids is 1. The summed E-state index contributed by atoms with van der Waals surface area (Å²) in [6, 6.07) is 14.1. The van der Waals surface area contributed by atoms with E-state index in [2.05, 4.69) is 4.99 Å². The molecular weight excluding hydrogens is 358 g/mol. The second-order valence-corrected chi connectivity index (χ2v) is 6.76. The van der Waals surface area contributed by atoms with Gasteiger partial charge in [0.15, 0.2) is 5.70 Å². The van der Waals surface area contributed by atoms with Gasteiger partial charge in [-0.15, -0.1) is 0 Å². The highest BCUT2D eigenvalue weighted by atomic mass is 16.6. The minimum Gasteiger partial charge on any atom is -0.402 e. The molecule has 2 aromatic carbocycles. The molecule has 0 atom stereocenters. The first-order chi connectivity index (χ1) is 13.6. The zero-order valence-corrected chi connectivity index (χ0v) is 15.2. The predicted octanol–water partition coefficient (Wildman–Crippen LogP) is 3.93. The summed E-state index contributed by atoms with van der Waals surface area (Å²) >= 11 is 0. The Kier molecular flexibility index (Phi) is 4.89. The van der Waals surface area contributed by atoms with E-state index >= 15 is 0 Å². The fourth-order valence-corrected chi connectivity index (χ4v) is 3.45. The Balaban J connectivity index is 1.65. The molecule has 0 aromatic heterocycles. The number of nitro benzene ring substituents is 1. The van der Waals surface area contributed by atoms with Crippen LogP contribution in [0.2, 0.25) is 0 Å². The Labute approximate surface area is 162 Å². The molecule has 0 bridgehead atoms. The number of anilines is 1. The maximum Gasteiger partial charge on any atom is 0.363 e. The third kappa shape index (κ3) is 3.64. The number of aliphatic imine (C=N–C) groups is 1. The third-order valence-corrected chi connectivity index (χ3v) is 4.84. The van der Waals surface area contributed by atoms with Gasteiger partial charge in [-0.05, 0) is 49.1 Å². The fourth-order valence-electron chi connectivity index (χ4n) is 3.45. The Morgan fingerprint density at radius 1 is 1.07 bits per heavy atom. The molecule has 0 spiro atoms. The minimum absolute atomic E-state index is 0.0369. The number of nitrogens with zero attached hydrogens (tertiary/aromatic N) is 3. The van der Waals surface area contributed by atoms with Gasteiger partial charge in [0.25, 0.3) is 5.69 Å². The zero-order chi connectivity index (χ0) is 19.5. The summed E-state index contributed by atoms with van der Waals surface area (Å²) in [5.41, 5.74) is 2.02. The van der Waals surface area contributed by atoms with Gasteiger partial charge < -0.3 is 9.64 Å². The number of esters is 1. The van der Waals surface area contributed by atoms with Crippen LogP contribution < -0.4 is 4.90 Å². The van der Waals surface area contributed by atoms with E-state index in [0.717, 1.165) is 32.4 Å². The number of carbonyl (C=O) groups is 1. The van der Waals surface area contributed by atoms with E-state index in [-0.39, 0.29) is 22.2 Å². The van der Waals surface area contributed by atoms with Crippen LogP contribution in [0.5, 0.6) is 0 Å². The summed E-state index contributed by atoms with van der Waals surface area (Å²) in [5.74, 6) is -0.335. The van der Waals surface area contributed by atoms with Gasteiger partial charge >= 0.3 is 5.97 Å². The monoisotopic (exact) mass is 377 g/mol. The maximum absolute atomic E-state index is 12.1. The molecule has 1 fully saturated rings. The minimum atomic E-state index is -0.568. The number of nitro groups is 1. The molecule has 142 valence electrons. The highest BCUT2D eigenvalue weighted by molar-refractivity contribution is 6.12. The SMILES string of the molecule is O=C1OC(c2ccccc2)=NC1=Cc1ccc(N2CCCCC2)c([N+](=O)[O-])c1. The molecule has 7 heteroatoms. The Morgan fingerprint density at radius 2 is 1.82 bits per heavy atom. The van der Waals surface area contributed by atoms with Gasteiger partial charge in [-0.2, -0.15) is 0 Å². The van der Waals surface area contributed by atoms with Gasteiger partial charge in [0.2, 0.25) is 5.90 Å². The Hall–Kier alpha value is -3.48. The van der Waals surface area contributed by atoms with E-state index in [9.17, 15) is 14.9 Å². The van der Waals surface area contributed by atoms with Crippen LogP contribution >= 0.6 is 0 Å². The van der Waals surface area contributed by atoms with Gasteiger partial charge in [0.1, 0.15) is 5.69 Å². The van der Waals surface area contributed by atoms with E-state index in [1.165, 1.54) is 12.1 Å². The van der Waals surface area contributed by atoms with E-state index < -0.39 is 5.97 Å². The molecule has 2 heterocycles. The average Bonchev–Trinajstić information content (AvgIpc) is 3.09. The number of cyclic esters (lactones) is 1. The molecular formula is C21H19N3O4. The lowest BCUT2D eigenvalue weighted by Gasteiger charge is -2.28. The summed E-state index contributed by atoms with van der Waals surface area (Å²) in [4.78, 5) is 29.7. The first kappa shape index (κ1) is 17.9. The molecule has 0 aliphatic carbocycles. The molecule has 7 nitrogen and oxygen atoms in total. The van der Waals surface area contributed by atoms with Crippen molar-refractivity contribution in [2.24, 2.45) is 4.99 Å². The van der Waals surface area contributed by atoms with Crippen molar-refractivity contribution in [1.29, 1.82) is 0 Å². The summed E-state index contributed by atoms with van der Waals surface area (Å²) in [6.45, 7) is 1.64. The normalized spacial score (nSPS) is 18.1. The highest BCUT2D eigenvalue weighted by Gasteiger charge is 2.25. The maximum atomic E-state index is 12.1. The molecule has 0 saturated carbocycles. The van der Waals surface area contributed by atoms with Gasteiger partial charge in [0.05, 0.1) is 4.92 Å². The first-order valence-electron chi connectivity index (χ1n) is 9.23. The van der Waals surface area contributed by atoms with Crippen LogP contribution in [-0.4, -0.2) is 29.9 Å². The van der Waals surface area contributed by atoms with Crippen LogP contribution in [-0.2, 0) is 9.53 Å². The quantitative estimate of drug-likeness (QED) is 0.349.